The smallest absolute Gasteiger partial charge is 0.251 e. The number of rotatable bonds is 4. The minimum Gasteiger partial charge on any atom is -0.349 e. The van der Waals surface area contributed by atoms with Gasteiger partial charge in [0.05, 0.1) is 11.4 Å². The summed E-state index contributed by atoms with van der Waals surface area (Å²) in [5.41, 5.74) is 7.53. The first kappa shape index (κ1) is 20.3. The summed E-state index contributed by atoms with van der Waals surface area (Å²) >= 11 is 0. The van der Waals surface area contributed by atoms with E-state index in [-0.39, 0.29) is 35.7 Å². The van der Waals surface area contributed by atoms with E-state index in [9.17, 15) is 14.4 Å². The summed E-state index contributed by atoms with van der Waals surface area (Å²) in [7, 11) is 0. The van der Waals surface area contributed by atoms with E-state index >= 15 is 0 Å². The number of carbonyl (C=O) groups excluding carboxylic acids is 3. The van der Waals surface area contributed by atoms with Gasteiger partial charge in [-0.15, -0.1) is 0 Å². The Morgan fingerprint density at radius 3 is 2.57 bits per heavy atom. The highest BCUT2D eigenvalue weighted by Crippen LogP contribution is 2.36. The molecule has 1 aromatic carbocycles. The lowest BCUT2D eigenvalue weighted by Crippen LogP contribution is -2.53. The van der Waals surface area contributed by atoms with Crippen LogP contribution in [0.4, 0.5) is 11.4 Å². The Hall–Kier alpha value is -2.41. The van der Waals surface area contributed by atoms with Crippen LogP contribution in [0.15, 0.2) is 18.2 Å². The second kappa shape index (κ2) is 8.31. The fourth-order valence-electron chi connectivity index (χ4n) is 4.10. The summed E-state index contributed by atoms with van der Waals surface area (Å²) < 4.78 is 0. The molecular weight excluding hydrogens is 356 g/mol. The van der Waals surface area contributed by atoms with Gasteiger partial charge in [-0.2, -0.15) is 0 Å². The van der Waals surface area contributed by atoms with Crippen molar-refractivity contribution >= 4 is 29.1 Å². The minimum atomic E-state index is -0.541. The molecule has 0 aromatic heterocycles. The third-order valence-corrected chi connectivity index (χ3v) is 5.95. The maximum absolute atomic E-state index is 12.7. The molecule has 0 bridgehead atoms. The highest BCUT2D eigenvalue weighted by molar-refractivity contribution is 6.12. The van der Waals surface area contributed by atoms with Crippen LogP contribution in [0.25, 0.3) is 0 Å². The van der Waals surface area contributed by atoms with Crippen LogP contribution >= 0.6 is 0 Å². The first-order valence-electron chi connectivity index (χ1n) is 10.1. The number of benzene rings is 1. The molecule has 0 saturated heterocycles. The van der Waals surface area contributed by atoms with Gasteiger partial charge in [0.15, 0.2) is 0 Å². The van der Waals surface area contributed by atoms with Gasteiger partial charge in [0.2, 0.25) is 11.8 Å². The lowest BCUT2D eigenvalue weighted by atomic mass is 9.91. The van der Waals surface area contributed by atoms with Gasteiger partial charge in [-0.25, -0.2) is 0 Å². The normalized spacial score (nSPS) is 25.5. The molecule has 7 heteroatoms. The molecule has 3 amide bonds. The molecule has 1 saturated carbocycles. The maximum Gasteiger partial charge on any atom is 0.251 e. The van der Waals surface area contributed by atoms with Crippen LogP contribution in [0.3, 0.4) is 0 Å². The lowest BCUT2D eigenvalue weighted by Gasteiger charge is -2.38. The summed E-state index contributed by atoms with van der Waals surface area (Å²) in [5.74, 6) is -0.540. The number of hydrogen-bond acceptors (Lipinski definition) is 4. The average Bonchev–Trinajstić information content (AvgIpc) is 2.67. The van der Waals surface area contributed by atoms with Crippen molar-refractivity contribution in [3.8, 4) is 0 Å². The molecule has 1 aromatic rings. The second-order valence-electron chi connectivity index (χ2n) is 8.03. The molecule has 1 heterocycles. The topological polar surface area (TPSA) is 105 Å². The quantitative estimate of drug-likeness (QED) is 0.739. The van der Waals surface area contributed by atoms with Crippen LogP contribution in [0.2, 0.25) is 0 Å². The summed E-state index contributed by atoms with van der Waals surface area (Å²) in [4.78, 5) is 39.2. The zero-order valence-electron chi connectivity index (χ0n) is 16.8. The number of nitrogens with one attached hydrogen (secondary N) is 2. The van der Waals surface area contributed by atoms with Gasteiger partial charge in [0.25, 0.3) is 5.91 Å². The van der Waals surface area contributed by atoms with E-state index in [1.54, 1.807) is 23.1 Å². The van der Waals surface area contributed by atoms with Crippen LogP contribution in [0.1, 0.15) is 63.2 Å². The number of anilines is 2. The number of nitrogens with two attached hydrogens (primary N) is 1. The van der Waals surface area contributed by atoms with E-state index in [1.807, 2.05) is 13.8 Å². The monoisotopic (exact) mass is 386 g/mol. The van der Waals surface area contributed by atoms with Gasteiger partial charge in [-0.1, -0.05) is 20.3 Å². The van der Waals surface area contributed by atoms with Crippen molar-refractivity contribution in [2.24, 2.45) is 11.7 Å². The largest absolute Gasteiger partial charge is 0.349 e. The molecule has 2 atom stereocenters. The molecule has 152 valence electrons. The Labute approximate surface area is 166 Å². The standard InChI is InChI=1S/C21H30N4O3/c1-4-12(2)19-21(28)24-17-11-14(5-10-18(17)25(19)13(3)26)20(27)23-16-8-6-15(22)7-9-16/h5,10-12,15-16,19H,4,6-9,22H2,1-3H3,(H,23,27)(H,24,28). The van der Waals surface area contributed by atoms with E-state index in [0.29, 0.717) is 16.9 Å². The Morgan fingerprint density at radius 2 is 1.96 bits per heavy atom. The highest BCUT2D eigenvalue weighted by atomic mass is 16.2. The van der Waals surface area contributed by atoms with Crippen LogP contribution in [-0.4, -0.2) is 35.8 Å². The van der Waals surface area contributed by atoms with Gasteiger partial charge in [-0.3, -0.25) is 19.3 Å². The van der Waals surface area contributed by atoms with Crippen molar-refractivity contribution < 1.29 is 14.4 Å². The van der Waals surface area contributed by atoms with E-state index in [1.165, 1.54) is 6.92 Å². The predicted octanol–water partition coefficient (Wildman–Crippen LogP) is 2.41. The second-order valence-corrected chi connectivity index (χ2v) is 8.03. The maximum atomic E-state index is 12.7. The molecule has 1 aliphatic heterocycles. The third-order valence-electron chi connectivity index (χ3n) is 5.95. The fraction of sp³-hybridized carbons (Fsp3) is 0.571. The van der Waals surface area contributed by atoms with Gasteiger partial charge < -0.3 is 16.4 Å². The number of carbonyl (C=O) groups is 3. The molecule has 0 radical (unpaired) electrons. The fourth-order valence-corrected chi connectivity index (χ4v) is 4.10. The van der Waals surface area contributed by atoms with Crippen LogP contribution in [0.5, 0.6) is 0 Å². The van der Waals surface area contributed by atoms with E-state index in [2.05, 4.69) is 10.6 Å². The molecule has 3 rings (SSSR count). The Kier molecular flexibility index (Phi) is 6.03. The highest BCUT2D eigenvalue weighted by Gasteiger charge is 2.38. The van der Waals surface area contributed by atoms with Crippen molar-refractivity contribution in [2.45, 2.75) is 71.0 Å². The van der Waals surface area contributed by atoms with Crippen molar-refractivity contribution in [1.29, 1.82) is 0 Å². The van der Waals surface area contributed by atoms with Crippen LogP contribution in [-0.2, 0) is 9.59 Å². The molecule has 2 aliphatic rings. The molecule has 4 N–H and O–H groups in total. The average molecular weight is 386 g/mol. The van der Waals surface area contributed by atoms with E-state index in [4.69, 9.17) is 5.73 Å². The zero-order chi connectivity index (χ0) is 20.4. The number of amides is 3. The minimum absolute atomic E-state index is 0.0256. The predicted molar refractivity (Wildman–Crippen MR) is 109 cm³/mol. The van der Waals surface area contributed by atoms with Crippen LogP contribution in [0, 0.1) is 5.92 Å². The van der Waals surface area contributed by atoms with Gasteiger partial charge in [0.1, 0.15) is 6.04 Å². The molecule has 2 unspecified atom stereocenters. The van der Waals surface area contributed by atoms with Crippen molar-refractivity contribution in [3.05, 3.63) is 23.8 Å². The number of nitrogens with zero attached hydrogens (tertiary/aromatic N) is 1. The summed E-state index contributed by atoms with van der Waals surface area (Å²) in [6.07, 6.45) is 4.36. The van der Waals surface area contributed by atoms with Crippen molar-refractivity contribution in [3.63, 3.8) is 0 Å². The van der Waals surface area contributed by atoms with Crippen LogP contribution < -0.4 is 21.3 Å². The Bertz CT molecular complexity index is 771. The van der Waals surface area contributed by atoms with Gasteiger partial charge in [-0.05, 0) is 49.8 Å². The summed E-state index contributed by atoms with van der Waals surface area (Å²) in [6, 6.07) is 4.92. The van der Waals surface area contributed by atoms with E-state index in [0.717, 1.165) is 32.1 Å². The lowest BCUT2D eigenvalue weighted by molar-refractivity contribution is -0.123. The summed E-state index contributed by atoms with van der Waals surface area (Å²) in [5, 5.41) is 5.94. The Morgan fingerprint density at radius 1 is 1.29 bits per heavy atom. The number of hydrogen-bond donors (Lipinski definition) is 3. The molecule has 1 aliphatic carbocycles. The zero-order valence-corrected chi connectivity index (χ0v) is 16.8. The molecular formula is C21H30N4O3. The van der Waals surface area contributed by atoms with Gasteiger partial charge in [0, 0.05) is 24.6 Å². The number of fused-ring (bicyclic) bond motifs is 1. The molecule has 28 heavy (non-hydrogen) atoms. The SMILES string of the molecule is CCC(C)C1C(=O)Nc2cc(C(=O)NC3CCC(N)CC3)ccc2N1C(C)=O. The summed E-state index contributed by atoms with van der Waals surface area (Å²) in [6.45, 7) is 5.42. The first-order chi connectivity index (χ1) is 13.3. The molecule has 0 spiro atoms. The Balaban J connectivity index is 1.82. The van der Waals surface area contributed by atoms with Crippen molar-refractivity contribution in [2.75, 3.05) is 10.2 Å². The third kappa shape index (κ3) is 4.04. The van der Waals surface area contributed by atoms with Crippen molar-refractivity contribution in [1.82, 2.24) is 5.32 Å². The molecule has 1 fully saturated rings. The molecule has 7 nitrogen and oxygen atoms in total. The first-order valence-corrected chi connectivity index (χ1v) is 10.1. The van der Waals surface area contributed by atoms with E-state index < -0.39 is 6.04 Å². The van der Waals surface area contributed by atoms with Gasteiger partial charge >= 0.3 is 0 Å².